The Bertz CT molecular complexity index is 1290. The van der Waals surface area contributed by atoms with Crippen LogP contribution in [0.1, 0.15) is 76.2 Å². The van der Waals surface area contributed by atoms with E-state index in [4.69, 9.17) is 4.74 Å². The number of hydrogen-bond donors (Lipinski definition) is 1. The summed E-state index contributed by atoms with van der Waals surface area (Å²) in [6.45, 7) is 1.15. The van der Waals surface area contributed by atoms with Crippen molar-refractivity contribution in [1.82, 2.24) is 0 Å². The highest BCUT2D eigenvalue weighted by molar-refractivity contribution is 5.94. The Morgan fingerprint density at radius 2 is 1.52 bits per heavy atom. The molecule has 5 heteroatoms. The number of nitrogens with zero attached hydrogens (tertiary/aromatic N) is 1. The minimum Gasteiger partial charge on any atom is -0.392 e. The molecule has 0 heterocycles. The van der Waals surface area contributed by atoms with Crippen LogP contribution in [0.3, 0.4) is 0 Å². The van der Waals surface area contributed by atoms with Crippen LogP contribution < -0.4 is 4.90 Å². The number of anilines is 1. The molecule has 2 aromatic carbocycles. The first-order valence-corrected chi connectivity index (χ1v) is 17.3. The average Bonchev–Trinajstić information content (AvgIpc) is 3.52. The molecule has 1 N–H and O–H groups in total. The highest BCUT2D eigenvalue weighted by atomic mass is 16.5. The summed E-state index contributed by atoms with van der Waals surface area (Å²) in [5.41, 5.74) is 2.23. The first kappa shape index (κ1) is 29.9. The van der Waals surface area contributed by atoms with Crippen LogP contribution in [-0.4, -0.2) is 36.1 Å². The Kier molecular flexibility index (Phi) is 8.79. The molecule has 0 radical (unpaired) electrons. The van der Waals surface area contributed by atoms with E-state index in [9.17, 15) is 14.7 Å². The van der Waals surface area contributed by atoms with Crippen molar-refractivity contribution in [2.75, 3.05) is 18.1 Å². The van der Waals surface area contributed by atoms with Gasteiger partial charge in [-0.1, -0.05) is 54.6 Å². The topological polar surface area (TPSA) is 66.8 Å². The molecule has 5 atom stereocenters. The van der Waals surface area contributed by atoms with Crippen LogP contribution in [0.15, 0.2) is 72.8 Å². The summed E-state index contributed by atoms with van der Waals surface area (Å²) >= 11 is 0. The van der Waals surface area contributed by atoms with E-state index in [0.29, 0.717) is 30.9 Å². The van der Waals surface area contributed by atoms with Gasteiger partial charge in [0.25, 0.3) is 5.91 Å². The number of aliphatic hydroxyl groups is 1. The lowest BCUT2D eigenvalue weighted by atomic mass is 9.48. The average molecular weight is 596 g/mol. The Balaban J connectivity index is 0.880. The molecule has 0 aromatic heterocycles. The molecule has 0 spiro atoms. The summed E-state index contributed by atoms with van der Waals surface area (Å²) in [6.07, 6.45) is 16.3. The minimum atomic E-state index is -0.336. The predicted octanol–water partition coefficient (Wildman–Crippen LogP) is 7.38. The molecule has 8 rings (SSSR count). The van der Waals surface area contributed by atoms with Crippen molar-refractivity contribution in [3.05, 3.63) is 78.4 Å². The zero-order chi connectivity index (χ0) is 30.1. The van der Waals surface area contributed by atoms with Crippen LogP contribution >= 0.6 is 0 Å². The number of fused-ring (bicyclic) bond motifs is 1. The van der Waals surface area contributed by atoms with Gasteiger partial charge in [-0.2, -0.15) is 0 Å². The first-order chi connectivity index (χ1) is 21.4. The van der Waals surface area contributed by atoms with Crippen molar-refractivity contribution >= 4 is 17.4 Å². The maximum absolute atomic E-state index is 13.3. The molecule has 234 valence electrons. The van der Waals surface area contributed by atoms with Gasteiger partial charge in [0, 0.05) is 24.6 Å². The number of amides is 1. The highest BCUT2D eigenvalue weighted by Gasteiger charge is 2.51. The fourth-order valence-electron chi connectivity index (χ4n) is 10.6. The normalized spacial score (nSPS) is 35.3. The van der Waals surface area contributed by atoms with Crippen LogP contribution in [0.5, 0.6) is 0 Å². The summed E-state index contributed by atoms with van der Waals surface area (Å²) in [7, 11) is 0. The molecular weight excluding hydrogens is 546 g/mol. The van der Waals surface area contributed by atoms with Gasteiger partial charge >= 0.3 is 0 Å². The molecule has 5 nitrogen and oxygen atoms in total. The number of rotatable bonds is 12. The number of carbonyl (C=O) groups is 2. The summed E-state index contributed by atoms with van der Waals surface area (Å²) in [6, 6.07) is 19.9. The predicted molar refractivity (Wildman–Crippen MR) is 173 cm³/mol. The smallest absolute Gasteiger partial charge is 0.253 e. The zero-order valence-corrected chi connectivity index (χ0v) is 26.1. The van der Waals surface area contributed by atoms with Gasteiger partial charge in [0.15, 0.2) is 5.78 Å². The lowest BCUT2D eigenvalue weighted by Crippen LogP contribution is -2.46. The van der Waals surface area contributed by atoms with E-state index in [0.717, 1.165) is 61.1 Å². The lowest BCUT2D eigenvalue weighted by molar-refractivity contribution is -0.124. The third-order valence-electron chi connectivity index (χ3n) is 12.0. The molecule has 6 aliphatic carbocycles. The number of benzene rings is 2. The lowest BCUT2D eigenvalue weighted by Gasteiger charge is -2.56. The van der Waals surface area contributed by atoms with Gasteiger partial charge in [-0.15, -0.1) is 0 Å². The van der Waals surface area contributed by atoms with Crippen LogP contribution in [0.4, 0.5) is 5.69 Å². The van der Waals surface area contributed by atoms with Crippen LogP contribution in [0.25, 0.3) is 0 Å². The van der Waals surface area contributed by atoms with Gasteiger partial charge in [-0.3, -0.25) is 9.59 Å². The quantitative estimate of drug-likeness (QED) is 0.205. The molecule has 6 saturated carbocycles. The maximum atomic E-state index is 13.3. The van der Waals surface area contributed by atoms with Crippen molar-refractivity contribution in [2.45, 2.75) is 83.3 Å². The molecule has 4 bridgehead atoms. The van der Waals surface area contributed by atoms with Gasteiger partial charge in [-0.05, 0) is 129 Å². The van der Waals surface area contributed by atoms with E-state index in [2.05, 4.69) is 6.08 Å². The number of ether oxygens (including phenoxy) is 1. The molecule has 1 amide bonds. The molecular formula is C39H49NO4. The number of para-hydroxylation sites is 1. The van der Waals surface area contributed by atoms with E-state index >= 15 is 0 Å². The summed E-state index contributed by atoms with van der Waals surface area (Å²) in [4.78, 5) is 28.3. The molecule has 0 saturated heterocycles. The van der Waals surface area contributed by atoms with E-state index in [1.807, 2.05) is 66.7 Å². The molecule has 44 heavy (non-hydrogen) atoms. The third kappa shape index (κ3) is 6.60. The second kappa shape index (κ2) is 12.9. The van der Waals surface area contributed by atoms with Gasteiger partial charge in [0.05, 0.1) is 12.6 Å². The standard InChI is InChI=1S/C39H49NO4/c41-34(24-39-21-29-15-30(22-39)17-31(16-29)23-39)11-12-35-36-19-28(18-32(36)20-37(35)42)13-14-44-26-38(43)40(33-9-5-2-6-10-33)25-27-7-3-1-4-8-27/h1-12,28-32,35-37,42H,13-26H2/t28?,29?,30?,31?,32-,35+,36-,37+,39?/m1/s1. The first-order valence-electron chi connectivity index (χ1n) is 17.3. The second-order valence-electron chi connectivity index (χ2n) is 15.2. The largest absolute Gasteiger partial charge is 0.392 e. The SMILES string of the molecule is O=C(C=C[C@H]1[C@@H]2CC(CCOCC(=O)N(Cc3ccccc3)c3ccccc3)C[C@@H]2C[C@@H]1O)CC12CC3CC(CC(C3)C1)C2. The third-order valence-corrected chi connectivity index (χ3v) is 12.0. The van der Waals surface area contributed by atoms with Crippen LogP contribution in [0, 0.1) is 46.8 Å². The Morgan fingerprint density at radius 1 is 0.864 bits per heavy atom. The van der Waals surface area contributed by atoms with E-state index in [1.165, 1.54) is 38.5 Å². The highest BCUT2D eigenvalue weighted by Crippen LogP contribution is 2.61. The monoisotopic (exact) mass is 595 g/mol. The van der Waals surface area contributed by atoms with Gasteiger partial charge in [0.1, 0.15) is 6.61 Å². The summed E-state index contributed by atoms with van der Waals surface area (Å²) in [5.74, 6) is 4.44. The van der Waals surface area contributed by atoms with Gasteiger partial charge in [0.2, 0.25) is 0 Å². The molecule has 0 aliphatic heterocycles. The van der Waals surface area contributed by atoms with E-state index in [-0.39, 0.29) is 35.7 Å². The Morgan fingerprint density at radius 3 is 2.20 bits per heavy atom. The maximum Gasteiger partial charge on any atom is 0.253 e. The van der Waals surface area contributed by atoms with Crippen LogP contribution in [0.2, 0.25) is 0 Å². The molecule has 2 aromatic rings. The summed E-state index contributed by atoms with van der Waals surface area (Å²) < 4.78 is 5.96. The van der Waals surface area contributed by atoms with Gasteiger partial charge < -0.3 is 14.7 Å². The molecule has 1 unspecified atom stereocenters. The number of carbonyl (C=O) groups excluding carboxylic acids is 2. The van der Waals surface area contributed by atoms with E-state index < -0.39 is 0 Å². The van der Waals surface area contributed by atoms with E-state index in [1.54, 1.807) is 4.90 Å². The number of hydrogen-bond acceptors (Lipinski definition) is 4. The minimum absolute atomic E-state index is 0.0325. The van der Waals surface area contributed by atoms with Crippen molar-refractivity contribution in [2.24, 2.45) is 46.8 Å². The fraction of sp³-hybridized carbons (Fsp3) is 0.590. The second-order valence-corrected chi connectivity index (χ2v) is 15.2. The number of allylic oxidation sites excluding steroid dienone is 1. The van der Waals surface area contributed by atoms with Gasteiger partial charge in [-0.25, -0.2) is 0 Å². The van der Waals surface area contributed by atoms with Crippen molar-refractivity contribution < 1.29 is 19.4 Å². The number of aliphatic hydroxyl groups excluding tert-OH is 1. The summed E-state index contributed by atoms with van der Waals surface area (Å²) in [5, 5.41) is 10.9. The Labute approximate surface area is 263 Å². The van der Waals surface area contributed by atoms with Crippen molar-refractivity contribution in [1.29, 1.82) is 0 Å². The molecule has 6 fully saturated rings. The fourth-order valence-corrected chi connectivity index (χ4v) is 10.6. The Hall–Kier alpha value is -2.76. The molecule has 6 aliphatic rings. The zero-order valence-electron chi connectivity index (χ0n) is 26.1. The van der Waals surface area contributed by atoms with Crippen molar-refractivity contribution in [3.8, 4) is 0 Å². The van der Waals surface area contributed by atoms with Crippen molar-refractivity contribution in [3.63, 3.8) is 0 Å². The van der Waals surface area contributed by atoms with Crippen LogP contribution in [-0.2, 0) is 20.9 Å². The number of ketones is 1.